The molecule has 2 aliphatic rings. The number of amides is 1. The van der Waals surface area contributed by atoms with Crippen molar-refractivity contribution in [1.29, 1.82) is 0 Å². The number of fused-ring (bicyclic) bond motifs is 1. The number of carbonyl (C=O) groups is 1. The highest BCUT2D eigenvalue weighted by molar-refractivity contribution is 5.93. The maximum Gasteiger partial charge on any atom is 0.255 e. The number of aromatic nitrogens is 4. The molecule has 0 atom stereocenters. The zero-order valence-corrected chi connectivity index (χ0v) is 14.2. The number of nitrogens with zero attached hydrogens (tertiary/aromatic N) is 6. The van der Waals surface area contributed by atoms with Crippen molar-refractivity contribution >= 4 is 5.91 Å². The van der Waals surface area contributed by atoms with E-state index in [1.54, 1.807) is 18.5 Å². The highest BCUT2D eigenvalue weighted by atomic mass is 16.5. The highest BCUT2D eigenvalue weighted by Gasteiger charge is 2.23. The zero-order chi connectivity index (χ0) is 17.1. The normalized spacial score (nSPS) is 18.6. The van der Waals surface area contributed by atoms with E-state index in [1.807, 2.05) is 11.0 Å². The van der Waals surface area contributed by atoms with Gasteiger partial charge >= 0.3 is 0 Å². The van der Waals surface area contributed by atoms with Gasteiger partial charge in [-0.25, -0.2) is 0 Å². The Bertz CT molecular complexity index is 726. The van der Waals surface area contributed by atoms with Crippen molar-refractivity contribution in [2.75, 3.05) is 39.4 Å². The van der Waals surface area contributed by atoms with Gasteiger partial charge in [0.15, 0.2) is 0 Å². The van der Waals surface area contributed by atoms with Crippen LogP contribution in [0.25, 0.3) is 0 Å². The van der Waals surface area contributed by atoms with E-state index in [0.717, 1.165) is 57.5 Å². The number of morpholine rings is 1. The van der Waals surface area contributed by atoms with Crippen LogP contribution in [0, 0.1) is 0 Å². The molecule has 4 heterocycles. The van der Waals surface area contributed by atoms with Crippen LogP contribution in [0.3, 0.4) is 0 Å². The Hall–Kier alpha value is -2.32. The van der Waals surface area contributed by atoms with Crippen LogP contribution in [0.5, 0.6) is 0 Å². The summed E-state index contributed by atoms with van der Waals surface area (Å²) in [7, 11) is 0. The van der Waals surface area contributed by atoms with Crippen LogP contribution in [-0.2, 0) is 24.2 Å². The topological polar surface area (TPSA) is 76.4 Å². The molecular formula is C17H22N6O2. The number of ether oxygens (including phenoxy) is 1. The molecule has 2 aliphatic heterocycles. The summed E-state index contributed by atoms with van der Waals surface area (Å²) in [6, 6.07) is 3.60. The predicted octanol–water partition coefficient (Wildman–Crippen LogP) is 0.204. The largest absolute Gasteiger partial charge is 0.379 e. The molecule has 2 aromatic rings. The molecule has 0 saturated carbocycles. The summed E-state index contributed by atoms with van der Waals surface area (Å²) in [5, 5.41) is 8.73. The van der Waals surface area contributed by atoms with Crippen molar-refractivity contribution in [3.05, 3.63) is 41.7 Å². The number of carbonyl (C=O) groups excluding carboxylic acids is 1. The minimum atomic E-state index is 0.0292. The Morgan fingerprint density at radius 2 is 2.00 bits per heavy atom. The summed E-state index contributed by atoms with van der Waals surface area (Å²) < 4.78 is 7.57. The van der Waals surface area contributed by atoms with Gasteiger partial charge in [-0.2, -0.15) is 0 Å². The minimum Gasteiger partial charge on any atom is -0.379 e. The first-order chi connectivity index (χ1) is 12.3. The standard InChI is InChI=1S/C17H22N6O2/c24-17(14-2-1-4-18-12-14)22-5-3-15-19-20-16(23(15)7-6-22)13-21-8-10-25-11-9-21/h1-2,4,12H,3,5-11,13H2. The summed E-state index contributed by atoms with van der Waals surface area (Å²) in [6.07, 6.45) is 4.03. The molecule has 1 saturated heterocycles. The fourth-order valence-corrected chi connectivity index (χ4v) is 3.33. The molecule has 0 aliphatic carbocycles. The Kier molecular flexibility index (Phi) is 4.71. The van der Waals surface area contributed by atoms with E-state index in [1.165, 1.54) is 0 Å². The summed E-state index contributed by atoms with van der Waals surface area (Å²) in [5.74, 6) is 1.97. The number of pyridine rings is 1. The molecule has 0 spiro atoms. The molecule has 4 rings (SSSR count). The number of hydrogen-bond donors (Lipinski definition) is 0. The fraction of sp³-hybridized carbons (Fsp3) is 0.529. The summed E-state index contributed by atoms with van der Waals surface area (Å²) in [4.78, 5) is 20.9. The van der Waals surface area contributed by atoms with E-state index in [2.05, 4.69) is 24.6 Å². The summed E-state index contributed by atoms with van der Waals surface area (Å²) in [6.45, 7) is 6.23. The maximum absolute atomic E-state index is 12.6. The molecular weight excluding hydrogens is 320 g/mol. The quantitative estimate of drug-likeness (QED) is 0.793. The van der Waals surface area contributed by atoms with E-state index in [-0.39, 0.29) is 5.91 Å². The van der Waals surface area contributed by atoms with E-state index < -0.39 is 0 Å². The third-order valence-corrected chi connectivity index (χ3v) is 4.77. The number of rotatable bonds is 3. The lowest BCUT2D eigenvalue weighted by Crippen LogP contribution is -2.37. The molecule has 0 unspecified atom stereocenters. The van der Waals surface area contributed by atoms with Crippen molar-refractivity contribution < 1.29 is 9.53 Å². The van der Waals surface area contributed by atoms with Crippen LogP contribution in [0.4, 0.5) is 0 Å². The van der Waals surface area contributed by atoms with Gasteiger partial charge in [-0.3, -0.25) is 14.7 Å². The maximum atomic E-state index is 12.6. The Labute approximate surface area is 146 Å². The van der Waals surface area contributed by atoms with Crippen LogP contribution in [0.1, 0.15) is 22.0 Å². The van der Waals surface area contributed by atoms with Crippen molar-refractivity contribution in [2.45, 2.75) is 19.5 Å². The summed E-state index contributed by atoms with van der Waals surface area (Å²) >= 11 is 0. The predicted molar refractivity (Wildman–Crippen MR) is 90.0 cm³/mol. The van der Waals surface area contributed by atoms with Gasteiger partial charge in [-0.15, -0.1) is 10.2 Å². The van der Waals surface area contributed by atoms with E-state index in [4.69, 9.17) is 4.74 Å². The first-order valence-electron chi connectivity index (χ1n) is 8.71. The van der Waals surface area contributed by atoms with Crippen LogP contribution in [0.15, 0.2) is 24.5 Å². The second-order valence-electron chi connectivity index (χ2n) is 6.36. The lowest BCUT2D eigenvalue weighted by atomic mass is 10.2. The van der Waals surface area contributed by atoms with Gasteiger partial charge in [0.1, 0.15) is 11.6 Å². The van der Waals surface area contributed by atoms with Gasteiger partial charge in [0.2, 0.25) is 0 Å². The minimum absolute atomic E-state index is 0.0292. The second-order valence-corrected chi connectivity index (χ2v) is 6.36. The van der Waals surface area contributed by atoms with Crippen LogP contribution >= 0.6 is 0 Å². The SMILES string of the molecule is O=C(c1cccnc1)N1CCc2nnc(CN3CCOCC3)n2CC1. The van der Waals surface area contributed by atoms with Gasteiger partial charge < -0.3 is 14.2 Å². The van der Waals surface area contributed by atoms with E-state index in [0.29, 0.717) is 18.7 Å². The molecule has 25 heavy (non-hydrogen) atoms. The third kappa shape index (κ3) is 3.54. The van der Waals surface area contributed by atoms with Gasteiger partial charge in [0.25, 0.3) is 5.91 Å². The monoisotopic (exact) mass is 342 g/mol. The second kappa shape index (κ2) is 7.28. The van der Waals surface area contributed by atoms with Gasteiger partial charge in [0.05, 0.1) is 25.3 Å². The van der Waals surface area contributed by atoms with Gasteiger partial charge in [-0.1, -0.05) is 0 Å². The smallest absolute Gasteiger partial charge is 0.255 e. The van der Waals surface area contributed by atoms with Gasteiger partial charge in [0, 0.05) is 51.5 Å². The third-order valence-electron chi connectivity index (χ3n) is 4.77. The molecule has 8 nitrogen and oxygen atoms in total. The molecule has 0 aromatic carbocycles. The molecule has 2 aromatic heterocycles. The summed E-state index contributed by atoms with van der Waals surface area (Å²) in [5.41, 5.74) is 0.633. The molecule has 0 radical (unpaired) electrons. The average molecular weight is 342 g/mol. The van der Waals surface area contributed by atoms with Crippen molar-refractivity contribution in [3.8, 4) is 0 Å². The van der Waals surface area contributed by atoms with E-state index >= 15 is 0 Å². The zero-order valence-electron chi connectivity index (χ0n) is 14.2. The molecule has 0 bridgehead atoms. The van der Waals surface area contributed by atoms with Crippen LogP contribution < -0.4 is 0 Å². The Morgan fingerprint density at radius 3 is 2.80 bits per heavy atom. The first kappa shape index (κ1) is 16.2. The molecule has 1 fully saturated rings. The molecule has 1 amide bonds. The molecule has 0 N–H and O–H groups in total. The van der Waals surface area contributed by atoms with Crippen LogP contribution in [-0.4, -0.2) is 74.8 Å². The van der Waals surface area contributed by atoms with Gasteiger partial charge in [-0.05, 0) is 12.1 Å². The van der Waals surface area contributed by atoms with Crippen molar-refractivity contribution in [2.24, 2.45) is 0 Å². The van der Waals surface area contributed by atoms with Crippen molar-refractivity contribution in [3.63, 3.8) is 0 Å². The van der Waals surface area contributed by atoms with E-state index in [9.17, 15) is 4.79 Å². The Morgan fingerprint density at radius 1 is 1.12 bits per heavy atom. The lowest BCUT2D eigenvalue weighted by molar-refractivity contribution is 0.0325. The molecule has 8 heteroatoms. The van der Waals surface area contributed by atoms with Crippen molar-refractivity contribution in [1.82, 2.24) is 29.5 Å². The number of hydrogen-bond acceptors (Lipinski definition) is 6. The van der Waals surface area contributed by atoms with Crippen LogP contribution in [0.2, 0.25) is 0 Å². The highest BCUT2D eigenvalue weighted by Crippen LogP contribution is 2.14. The fourth-order valence-electron chi connectivity index (χ4n) is 3.33. The molecule has 132 valence electrons. The first-order valence-corrected chi connectivity index (χ1v) is 8.71. The lowest BCUT2D eigenvalue weighted by Gasteiger charge is -2.26. The average Bonchev–Trinajstić information content (AvgIpc) is 2.91. The Balaban J connectivity index is 1.44.